The smallest absolute Gasteiger partial charge is 0.407 e. The number of fused-ring (bicyclic) bond motifs is 1. The Morgan fingerprint density at radius 1 is 1.22 bits per heavy atom. The van der Waals surface area contributed by atoms with Gasteiger partial charge in [0.1, 0.15) is 5.52 Å². The van der Waals surface area contributed by atoms with Gasteiger partial charge < -0.3 is 19.6 Å². The number of nitrogen functional groups attached to an aromatic ring is 1. The van der Waals surface area contributed by atoms with Crippen LogP contribution in [-0.4, -0.2) is 29.5 Å². The molecule has 1 aliphatic heterocycles. The van der Waals surface area contributed by atoms with E-state index in [1.165, 1.54) is 0 Å². The summed E-state index contributed by atoms with van der Waals surface area (Å²) in [4.78, 5) is 24.9. The first-order chi connectivity index (χ1) is 11.1. The first-order valence-corrected chi connectivity index (χ1v) is 7.81. The molecule has 2 aliphatic rings. The number of aromatic nitrogens is 1. The summed E-state index contributed by atoms with van der Waals surface area (Å²) in [5, 5.41) is 0. The van der Waals surface area contributed by atoms with Crippen molar-refractivity contribution in [3.8, 4) is 0 Å². The number of carbonyl (C=O) groups excluding carboxylic acids is 1. The number of hydrogen-bond donors (Lipinski definition) is 1. The van der Waals surface area contributed by atoms with Gasteiger partial charge in [-0.15, -0.1) is 0 Å². The molecule has 7 nitrogen and oxygen atoms in total. The van der Waals surface area contributed by atoms with E-state index in [4.69, 9.17) is 19.6 Å². The molecule has 2 heterocycles. The number of anilines is 1. The van der Waals surface area contributed by atoms with Gasteiger partial charge in [0, 0.05) is 24.4 Å². The lowest BCUT2D eigenvalue weighted by molar-refractivity contribution is -0.180. The van der Waals surface area contributed by atoms with E-state index in [9.17, 15) is 9.59 Å². The molecule has 122 valence electrons. The number of oxazole rings is 1. The Morgan fingerprint density at radius 3 is 2.61 bits per heavy atom. The monoisotopic (exact) mass is 318 g/mol. The van der Waals surface area contributed by atoms with Crippen LogP contribution in [0.1, 0.15) is 30.5 Å². The molecule has 23 heavy (non-hydrogen) atoms. The molecule has 1 saturated carbocycles. The minimum atomic E-state index is -0.663. The van der Waals surface area contributed by atoms with Crippen molar-refractivity contribution < 1.29 is 18.7 Å². The molecule has 4 rings (SSSR count). The number of nitrogens with zero attached hydrogens (tertiary/aromatic N) is 1. The summed E-state index contributed by atoms with van der Waals surface area (Å²) in [7, 11) is 0. The largest absolute Gasteiger partial charge is 0.426 e. The molecular formula is C16H18N2O5. The Labute approximate surface area is 131 Å². The molecule has 1 spiro atoms. The predicted octanol–water partition coefficient (Wildman–Crippen LogP) is 1.75. The van der Waals surface area contributed by atoms with Crippen LogP contribution in [0.4, 0.5) is 5.69 Å². The highest BCUT2D eigenvalue weighted by Gasteiger charge is 2.42. The lowest BCUT2D eigenvalue weighted by Crippen LogP contribution is -2.39. The molecule has 7 heteroatoms. The maximum atomic E-state index is 12.8. The van der Waals surface area contributed by atoms with Crippen LogP contribution < -0.4 is 11.5 Å². The van der Waals surface area contributed by atoms with E-state index in [2.05, 4.69) is 0 Å². The normalized spacial score (nSPS) is 21.2. The third-order valence-corrected chi connectivity index (χ3v) is 4.73. The average Bonchev–Trinajstić information content (AvgIpc) is 3.11. The van der Waals surface area contributed by atoms with E-state index in [-0.39, 0.29) is 11.8 Å². The molecule has 0 bridgehead atoms. The minimum Gasteiger partial charge on any atom is -0.407 e. The first kappa shape index (κ1) is 14.5. The van der Waals surface area contributed by atoms with Gasteiger partial charge in [-0.3, -0.25) is 4.79 Å². The van der Waals surface area contributed by atoms with Crippen LogP contribution in [0.25, 0.3) is 11.1 Å². The van der Waals surface area contributed by atoms with Crippen LogP contribution in [0, 0.1) is 5.92 Å². The number of nitrogens with two attached hydrogens (primary N) is 1. The fourth-order valence-corrected chi connectivity index (χ4v) is 3.52. The first-order valence-electron chi connectivity index (χ1n) is 7.81. The van der Waals surface area contributed by atoms with Crippen molar-refractivity contribution in [2.75, 3.05) is 18.9 Å². The van der Waals surface area contributed by atoms with Crippen molar-refractivity contribution in [1.82, 2.24) is 4.57 Å². The van der Waals surface area contributed by atoms with Gasteiger partial charge in [0.05, 0.1) is 13.2 Å². The molecule has 2 fully saturated rings. The molecule has 1 aromatic heterocycles. The second kappa shape index (κ2) is 5.21. The summed E-state index contributed by atoms with van der Waals surface area (Å²) in [6, 6.07) is 4.83. The maximum Gasteiger partial charge on any atom is 0.426 e. The molecule has 1 aliphatic carbocycles. The van der Waals surface area contributed by atoms with Gasteiger partial charge in [-0.05, 0) is 31.0 Å². The summed E-state index contributed by atoms with van der Waals surface area (Å²) in [6.45, 7) is 1.20. The van der Waals surface area contributed by atoms with Crippen LogP contribution in [-0.2, 0) is 9.47 Å². The summed E-state index contributed by atoms with van der Waals surface area (Å²) in [5.41, 5.74) is 7.03. The second-order valence-electron chi connectivity index (χ2n) is 6.15. The molecule has 0 atom stereocenters. The van der Waals surface area contributed by atoms with Gasteiger partial charge in [-0.1, -0.05) is 0 Å². The zero-order valence-corrected chi connectivity index (χ0v) is 12.6. The molecule has 2 aromatic rings. The van der Waals surface area contributed by atoms with Crippen LogP contribution >= 0.6 is 0 Å². The second-order valence-corrected chi connectivity index (χ2v) is 6.15. The third-order valence-electron chi connectivity index (χ3n) is 4.73. The zero-order valence-electron chi connectivity index (χ0n) is 12.6. The van der Waals surface area contributed by atoms with Gasteiger partial charge in [0.2, 0.25) is 5.91 Å². The maximum absolute atomic E-state index is 12.8. The number of rotatable bonds is 1. The highest BCUT2D eigenvalue weighted by Crippen LogP contribution is 2.38. The summed E-state index contributed by atoms with van der Waals surface area (Å²) >= 11 is 0. The third kappa shape index (κ3) is 2.36. The standard InChI is InChI=1S/C16H18N2O5/c17-11-1-2-13-12(9-11)18(15(20)23-13)14(19)10-3-5-16(6-4-10)21-7-8-22-16/h1-2,9-10H,3-8,17H2. The van der Waals surface area contributed by atoms with Crippen molar-refractivity contribution in [3.63, 3.8) is 0 Å². The predicted molar refractivity (Wildman–Crippen MR) is 82.1 cm³/mol. The Bertz CT molecular complexity index is 805. The molecular weight excluding hydrogens is 300 g/mol. The molecule has 0 unspecified atom stereocenters. The Hall–Kier alpha value is -2.12. The molecule has 0 amide bonds. The lowest BCUT2D eigenvalue weighted by Gasteiger charge is -2.34. The van der Waals surface area contributed by atoms with Crippen molar-refractivity contribution >= 4 is 22.7 Å². The van der Waals surface area contributed by atoms with E-state index >= 15 is 0 Å². The minimum absolute atomic E-state index is 0.242. The molecule has 1 aromatic carbocycles. The Balaban J connectivity index is 1.61. The van der Waals surface area contributed by atoms with E-state index in [1.807, 2.05) is 0 Å². The molecule has 0 radical (unpaired) electrons. The summed E-state index contributed by atoms with van der Waals surface area (Å²) in [6.07, 6.45) is 2.58. The Kier molecular flexibility index (Phi) is 3.28. The van der Waals surface area contributed by atoms with Crippen LogP contribution in [0.2, 0.25) is 0 Å². The highest BCUT2D eigenvalue weighted by molar-refractivity contribution is 5.91. The van der Waals surface area contributed by atoms with Crippen LogP contribution in [0.3, 0.4) is 0 Å². The fraction of sp³-hybridized carbons (Fsp3) is 0.500. The lowest BCUT2D eigenvalue weighted by atomic mass is 9.84. The number of carbonyl (C=O) groups is 1. The van der Waals surface area contributed by atoms with Gasteiger partial charge in [-0.25, -0.2) is 9.36 Å². The van der Waals surface area contributed by atoms with E-state index in [1.54, 1.807) is 18.2 Å². The van der Waals surface area contributed by atoms with Gasteiger partial charge in [-0.2, -0.15) is 0 Å². The summed E-state index contributed by atoms with van der Waals surface area (Å²) in [5.74, 6) is -1.67. The zero-order chi connectivity index (χ0) is 16.0. The fourth-order valence-electron chi connectivity index (χ4n) is 3.52. The topological polar surface area (TPSA) is 96.7 Å². The van der Waals surface area contributed by atoms with Gasteiger partial charge >= 0.3 is 5.76 Å². The van der Waals surface area contributed by atoms with Crippen molar-refractivity contribution in [3.05, 3.63) is 28.7 Å². The number of benzene rings is 1. The van der Waals surface area contributed by atoms with Crippen molar-refractivity contribution in [2.45, 2.75) is 31.5 Å². The molecule has 2 N–H and O–H groups in total. The van der Waals surface area contributed by atoms with E-state index < -0.39 is 11.5 Å². The van der Waals surface area contributed by atoms with Crippen LogP contribution in [0.15, 0.2) is 27.4 Å². The summed E-state index contributed by atoms with van der Waals surface area (Å²) < 4.78 is 17.6. The number of hydrogen-bond acceptors (Lipinski definition) is 6. The van der Waals surface area contributed by atoms with Gasteiger partial charge in [0.15, 0.2) is 11.4 Å². The van der Waals surface area contributed by atoms with E-state index in [0.29, 0.717) is 55.7 Å². The highest BCUT2D eigenvalue weighted by atomic mass is 16.7. The quantitative estimate of drug-likeness (QED) is 0.805. The van der Waals surface area contributed by atoms with Crippen molar-refractivity contribution in [1.29, 1.82) is 0 Å². The van der Waals surface area contributed by atoms with E-state index in [0.717, 1.165) is 4.57 Å². The van der Waals surface area contributed by atoms with Gasteiger partial charge in [0.25, 0.3) is 0 Å². The van der Waals surface area contributed by atoms with Crippen LogP contribution in [0.5, 0.6) is 0 Å². The van der Waals surface area contributed by atoms with Crippen molar-refractivity contribution in [2.24, 2.45) is 5.92 Å². The average molecular weight is 318 g/mol. The molecule has 1 saturated heterocycles. The Morgan fingerprint density at radius 2 is 1.91 bits per heavy atom. The number of ether oxygens (including phenoxy) is 2. The SMILES string of the molecule is Nc1ccc2oc(=O)n(C(=O)C3CCC4(CC3)OCCO4)c2c1.